The van der Waals surface area contributed by atoms with Crippen molar-refractivity contribution in [1.82, 2.24) is 20.0 Å². The van der Waals surface area contributed by atoms with Crippen LogP contribution in [0.15, 0.2) is 6.20 Å². The van der Waals surface area contributed by atoms with Crippen molar-refractivity contribution in [3.8, 4) is 0 Å². The maximum absolute atomic E-state index is 6.28. The van der Waals surface area contributed by atoms with Gasteiger partial charge in [0.1, 0.15) is 0 Å². The molecule has 0 amide bonds. The van der Waals surface area contributed by atoms with Gasteiger partial charge < -0.3 is 10.2 Å². The fraction of sp³-hybridized carbons (Fsp3) is 0.750. The Balaban J connectivity index is 2.85. The number of aromatic nitrogens is 2. The van der Waals surface area contributed by atoms with Crippen molar-refractivity contribution in [2.45, 2.75) is 19.5 Å². The number of likely N-dealkylation sites (N-methyl/N-ethyl adjacent to an activating group) is 1. The predicted molar refractivity (Wildman–Crippen MR) is 80.6 cm³/mol. The van der Waals surface area contributed by atoms with E-state index in [1.165, 1.54) is 0 Å². The van der Waals surface area contributed by atoms with Crippen molar-refractivity contribution < 1.29 is 0 Å². The second-order valence-corrected chi connectivity index (χ2v) is 5.79. The van der Waals surface area contributed by atoms with E-state index in [1.807, 2.05) is 16.4 Å². The van der Waals surface area contributed by atoms with Gasteiger partial charge in [-0.3, -0.25) is 4.68 Å². The molecule has 0 saturated carbocycles. The van der Waals surface area contributed by atoms with Gasteiger partial charge in [-0.15, -0.1) is 0 Å². The fourth-order valence-corrected chi connectivity index (χ4v) is 2.72. The monoisotopic (exact) mass is 290 g/mol. The van der Waals surface area contributed by atoms with E-state index >= 15 is 0 Å². The van der Waals surface area contributed by atoms with Crippen LogP contribution in [-0.4, -0.2) is 53.9 Å². The van der Waals surface area contributed by atoms with Crippen molar-refractivity contribution >= 4 is 23.4 Å². The van der Waals surface area contributed by atoms with Crippen molar-refractivity contribution in [3.05, 3.63) is 16.9 Å². The van der Waals surface area contributed by atoms with Crippen molar-refractivity contribution in [3.63, 3.8) is 0 Å². The van der Waals surface area contributed by atoms with Gasteiger partial charge >= 0.3 is 0 Å². The number of nitrogens with zero attached hydrogens (tertiary/aromatic N) is 3. The quantitative estimate of drug-likeness (QED) is 0.795. The molecule has 6 heteroatoms. The molecular weight excluding hydrogens is 268 g/mol. The van der Waals surface area contributed by atoms with Crippen LogP contribution in [0.3, 0.4) is 0 Å². The van der Waals surface area contributed by atoms with Crippen LogP contribution in [0.4, 0.5) is 0 Å². The van der Waals surface area contributed by atoms with Gasteiger partial charge in [-0.05, 0) is 26.9 Å². The van der Waals surface area contributed by atoms with Crippen LogP contribution < -0.4 is 5.32 Å². The van der Waals surface area contributed by atoms with E-state index in [0.29, 0.717) is 0 Å². The lowest BCUT2D eigenvalue weighted by Gasteiger charge is -2.20. The van der Waals surface area contributed by atoms with Crippen molar-refractivity contribution in [2.75, 3.05) is 39.2 Å². The van der Waals surface area contributed by atoms with Gasteiger partial charge in [0, 0.05) is 12.3 Å². The highest BCUT2D eigenvalue weighted by Crippen LogP contribution is 2.25. The molecule has 18 heavy (non-hydrogen) atoms. The van der Waals surface area contributed by atoms with Crippen LogP contribution in [0.2, 0.25) is 5.02 Å². The maximum Gasteiger partial charge on any atom is 0.0834 e. The molecule has 1 heterocycles. The molecule has 0 fully saturated rings. The van der Waals surface area contributed by atoms with Crippen LogP contribution in [0.25, 0.3) is 0 Å². The van der Waals surface area contributed by atoms with Gasteiger partial charge in [0.2, 0.25) is 0 Å². The Morgan fingerprint density at radius 1 is 1.56 bits per heavy atom. The molecule has 4 nitrogen and oxygen atoms in total. The number of hydrogen-bond donors (Lipinski definition) is 1. The molecule has 0 aliphatic heterocycles. The molecular formula is C12H23ClN4S. The van der Waals surface area contributed by atoms with E-state index in [4.69, 9.17) is 11.6 Å². The Morgan fingerprint density at radius 3 is 2.83 bits per heavy atom. The molecule has 0 saturated heterocycles. The van der Waals surface area contributed by atoms with Gasteiger partial charge in [-0.2, -0.15) is 16.9 Å². The lowest BCUT2D eigenvalue weighted by molar-refractivity contribution is 0.364. The summed E-state index contributed by atoms with van der Waals surface area (Å²) in [5.74, 6) is 1.00. The molecule has 0 spiro atoms. The first kappa shape index (κ1) is 15.8. The average Bonchev–Trinajstić information content (AvgIpc) is 2.67. The Labute approximate surface area is 119 Å². The minimum Gasteiger partial charge on any atom is -0.308 e. The SMILES string of the molecule is CCNC(CSC)c1c(Cl)cnn1CCN(C)C. The number of nitrogens with one attached hydrogen (secondary N) is 1. The molecule has 1 unspecified atom stereocenters. The molecule has 0 aromatic carbocycles. The van der Waals surface area contributed by atoms with Crippen LogP contribution in [-0.2, 0) is 6.54 Å². The number of rotatable bonds is 8. The van der Waals surface area contributed by atoms with Gasteiger partial charge in [0.05, 0.1) is 29.5 Å². The Kier molecular flexibility index (Phi) is 7.07. The Hall–Kier alpha value is -0.230. The summed E-state index contributed by atoms with van der Waals surface area (Å²) in [5, 5.41) is 8.62. The topological polar surface area (TPSA) is 33.1 Å². The zero-order valence-electron chi connectivity index (χ0n) is 11.6. The molecule has 1 aromatic heterocycles. The molecule has 104 valence electrons. The summed E-state index contributed by atoms with van der Waals surface area (Å²) in [4.78, 5) is 2.15. The van der Waals surface area contributed by atoms with Crippen LogP contribution >= 0.6 is 23.4 Å². The lowest BCUT2D eigenvalue weighted by atomic mass is 10.2. The first-order valence-corrected chi connectivity index (χ1v) is 7.95. The second kappa shape index (κ2) is 8.04. The molecule has 1 rings (SSSR count). The first-order chi connectivity index (χ1) is 8.60. The molecule has 1 N–H and O–H groups in total. The van der Waals surface area contributed by atoms with E-state index in [9.17, 15) is 0 Å². The van der Waals surface area contributed by atoms with E-state index in [1.54, 1.807) is 6.20 Å². The highest BCUT2D eigenvalue weighted by Gasteiger charge is 2.19. The van der Waals surface area contributed by atoms with Crippen LogP contribution in [0.1, 0.15) is 18.7 Å². The summed E-state index contributed by atoms with van der Waals surface area (Å²) < 4.78 is 2.02. The molecule has 1 aromatic rings. The van der Waals surface area contributed by atoms with E-state index in [-0.39, 0.29) is 6.04 Å². The fourth-order valence-electron chi connectivity index (χ4n) is 1.84. The summed E-state index contributed by atoms with van der Waals surface area (Å²) in [6.45, 7) is 4.87. The van der Waals surface area contributed by atoms with E-state index in [2.05, 4.69) is 42.6 Å². The summed E-state index contributed by atoms with van der Waals surface area (Å²) >= 11 is 8.10. The molecule has 0 radical (unpaired) electrons. The van der Waals surface area contributed by atoms with Gasteiger partial charge in [-0.25, -0.2) is 0 Å². The lowest BCUT2D eigenvalue weighted by Crippen LogP contribution is -2.28. The van der Waals surface area contributed by atoms with E-state index in [0.717, 1.165) is 36.1 Å². The van der Waals surface area contributed by atoms with Gasteiger partial charge in [0.15, 0.2) is 0 Å². The summed E-state index contributed by atoms with van der Waals surface area (Å²) in [5.41, 5.74) is 1.11. The molecule has 0 aliphatic carbocycles. The number of thioether (sulfide) groups is 1. The summed E-state index contributed by atoms with van der Waals surface area (Å²) in [6, 6.07) is 0.266. The highest BCUT2D eigenvalue weighted by molar-refractivity contribution is 7.98. The van der Waals surface area contributed by atoms with Crippen molar-refractivity contribution in [1.29, 1.82) is 0 Å². The third-order valence-corrected chi connectivity index (χ3v) is 3.66. The summed E-state index contributed by atoms with van der Waals surface area (Å²) in [7, 11) is 4.13. The van der Waals surface area contributed by atoms with Crippen molar-refractivity contribution in [2.24, 2.45) is 0 Å². The van der Waals surface area contributed by atoms with E-state index < -0.39 is 0 Å². The standard InChI is InChI=1S/C12H23ClN4S/c1-5-14-11(9-18-4)12-10(13)8-15-17(12)7-6-16(2)3/h8,11,14H,5-7,9H2,1-4H3. The Bertz CT molecular complexity index is 348. The minimum absolute atomic E-state index is 0.266. The predicted octanol–water partition coefficient (Wildman–Crippen LogP) is 2.11. The molecule has 0 bridgehead atoms. The summed E-state index contributed by atoms with van der Waals surface area (Å²) in [6.07, 6.45) is 3.86. The van der Waals surface area contributed by atoms with Gasteiger partial charge in [0.25, 0.3) is 0 Å². The Morgan fingerprint density at radius 2 is 2.28 bits per heavy atom. The normalized spacial score (nSPS) is 13.2. The first-order valence-electron chi connectivity index (χ1n) is 6.18. The van der Waals surface area contributed by atoms with Gasteiger partial charge in [-0.1, -0.05) is 18.5 Å². The minimum atomic E-state index is 0.266. The number of halogens is 1. The maximum atomic E-state index is 6.28. The zero-order chi connectivity index (χ0) is 13.5. The third kappa shape index (κ3) is 4.46. The molecule has 0 aliphatic rings. The average molecular weight is 291 g/mol. The third-order valence-electron chi connectivity index (χ3n) is 2.71. The molecule has 1 atom stereocenters. The van der Waals surface area contributed by atoms with Crippen LogP contribution in [0, 0.1) is 0 Å². The zero-order valence-corrected chi connectivity index (χ0v) is 13.2. The second-order valence-electron chi connectivity index (χ2n) is 4.47. The number of hydrogen-bond acceptors (Lipinski definition) is 4. The largest absolute Gasteiger partial charge is 0.308 e. The smallest absolute Gasteiger partial charge is 0.0834 e. The van der Waals surface area contributed by atoms with Crippen LogP contribution in [0.5, 0.6) is 0 Å². The highest BCUT2D eigenvalue weighted by atomic mass is 35.5.